The van der Waals surface area contributed by atoms with Gasteiger partial charge in [-0.05, 0) is 62.6 Å². The van der Waals surface area contributed by atoms with Gasteiger partial charge in [0, 0.05) is 31.1 Å². The molecule has 0 aliphatic rings. The molecule has 0 atom stereocenters. The molecule has 0 spiro atoms. The van der Waals surface area contributed by atoms with Crippen molar-refractivity contribution < 1.29 is 28.2 Å². The van der Waals surface area contributed by atoms with Crippen molar-refractivity contribution >= 4 is 46.3 Å². The Labute approximate surface area is 252 Å². The number of carbonyl (C=O) groups is 2. The molecule has 4 aromatic rings. The monoisotopic (exact) mass is 612 g/mol. The van der Waals surface area contributed by atoms with E-state index >= 15 is 0 Å². The van der Waals surface area contributed by atoms with E-state index in [0.29, 0.717) is 12.0 Å². The smallest absolute Gasteiger partial charge is 0.341 e. The number of ether oxygens (including phenoxy) is 1. The molecule has 12 heteroatoms. The Morgan fingerprint density at radius 1 is 0.953 bits per heavy atom. The zero-order chi connectivity index (χ0) is 31.8. The maximum Gasteiger partial charge on any atom is 0.341 e. The average Bonchev–Trinajstić information content (AvgIpc) is 2.94. The first-order chi connectivity index (χ1) is 20.4. The van der Waals surface area contributed by atoms with Gasteiger partial charge in [-0.2, -0.15) is 0 Å². The topological polar surface area (TPSA) is 123 Å². The summed E-state index contributed by atoms with van der Waals surface area (Å²) in [4.78, 5) is 38.9. The van der Waals surface area contributed by atoms with Crippen molar-refractivity contribution in [3.63, 3.8) is 0 Å². The van der Waals surface area contributed by atoms with Gasteiger partial charge in [-0.25, -0.2) is 23.4 Å². The van der Waals surface area contributed by atoms with Crippen molar-refractivity contribution in [3.05, 3.63) is 110 Å². The first-order valence-corrected chi connectivity index (χ1v) is 13.6. The number of carboxylic acid groups (broad SMARTS) is 1. The normalized spacial score (nSPS) is 10.4. The Kier molecular flexibility index (Phi) is 11.0. The zero-order valence-corrected chi connectivity index (χ0v) is 25.0. The largest absolute Gasteiger partial charge is 0.478 e. The lowest BCUT2D eigenvalue weighted by molar-refractivity contribution is 0.0526. The summed E-state index contributed by atoms with van der Waals surface area (Å²) in [6.45, 7) is 7.27. The van der Waals surface area contributed by atoms with Gasteiger partial charge in [-0.1, -0.05) is 30.7 Å². The number of carboxylic acids is 1. The van der Waals surface area contributed by atoms with Crippen LogP contribution in [0, 0.1) is 25.5 Å². The molecule has 9 nitrogen and oxygen atoms in total. The summed E-state index contributed by atoms with van der Waals surface area (Å²) in [5.41, 5.74) is 2.76. The second-order valence-electron chi connectivity index (χ2n) is 9.46. The van der Waals surface area contributed by atoms with Crippen molar-refractivity contribution in [2.24, 2.45) is 7.05 Å². The number of aromatic carboxylic acids is 1. The van der Waals surface area contributed by atoms with E-state index < -0.39 is 23.6 Å². The number of halogens is 3. The highest BCUT2D eigenvalue weighted by Gasteiger charge is 2.19. The molecule has 0 saturated carbocycles. The van der Waals surface area contributed by atoms with Crippen LogP contribution in [-0.2, 0) is 18.2 Å². The molecule has 43 heavy (non-hydrogen) atoms. The lowest BCUT2D eigenvalue weighted by Crippen LogP contribution is -2.20. The first-order valence-electron chi connectivity index (χ1n) is 13.2. The fourth-order valence-corrected chi connectivity index (χ4v) is 4.26. The summed E-state index contributed by atoms with van der Waals surface area (Å²) in [5.74, 6) is -2.64. The summed E-state index contributed by atoms with van der Waals surface area (Å²) in [7, 11) is 1.53. The number of aromatic nitrogens is 2. The number of hydrogen-bond donors (Lipinski definition) is 3. The molecule has 0 unspecified atom stereocenters. The van der Waals surface area contributed by atoms with Gasteiger partial charge in [-0.15, -0.1) is 0 Å². The molecule has 226 valence electrons. The van der Waals surface area contributed by atoms with E-state index in [4.69, 9.17) is 16.3 Å². The number of aryl methyl sites for hydroxylation is 3. The summed E-state index contributed by atoms with van der Waals surface area (Å²) in [6.07, 6.45) is 3.01. The molecule has 4 rings (SSSR count). The lowest BCUT2D eigenvalue weighted by atomic mass is 10.1. The van der Waals surface area contributed by atoms with Gasteiger partial charge in [0.15, 0.2) is 0 Å². The maximum absolute atomic E-state index is 13.9. The van der Waals surface area contributed by atoms with E-state index in [-0.39, 0.29) is 51.2 Å². The number of anilines is 4. The van der Waals surface area contributed by atoms with E-state index in [1.54, 1.807) is 45.0 Å². The summed E-state index contributed by atoms with van der Waals surface area (Å²) < 4.78 is 34.1. The number of esters is 1. The van der Waals surface area contributed by atoms with Crippen LogP contribution in [0.15, 0.2) is 59.7 Å². The summed E-state index contributed by atoms with van der Waals surface area (Å²) >= 11 is 6.00. The Morgan fingerprint density at radius 2 is 1.53 bits per heavy atom. The van der Waals surface area contributed by atoms with Crippen LogP contribution in [0.25, 0.3) is 0 Å². The summed E-state index contributed by atoms with van der Waals surface area (Å²) in [6, 6.07) is 10.6. The molecule has 0 aliphatic heterocycles. The SMILES string of the molecule is CCOC(=O)c1cn(C)c(=O)cc1Nc1ccc(C)cc1F.CCc1c(Cl)ncc(C(=O)O)c1Nc1ccc(C)cc1F. The van der Waals surface area contributed by atoms with Crippen LogP contribution >= 0.6 is 11.6 Å². The minimum atomic E-state index is -1.15. The van der Waals surface area contributed by atoms with Crippen LogP contribution < -0.4 is 16.2 Å². The Bertz CT molecular complexity index is 1730. The van der Waals surface area contributed by atoms with Gasteiger partial charge >= 0.3 is 11.9 Å². The third-order valence-corrected chi connectivity index (χ3v) is 6.54. The summed E-state index contributed by atoms with van der Waals surface area (Å²) in [5, 5.41) is 15.1. The van der Waals surface area contributed by atoms with Gasteiger partial charge in [-0.3, -0.25) is 4.79 Å². The van der Waals surface area contributed by atoms with E-state index in [1.165, 1.54) is 36.0 Å². The molecule has 0 amide bonds. The van der Waals surface area contributed by atoms with Crippen molar-refractivity contribution in [1.82, 2.24) is 9.55 Å². The second-order valence-corrected chi connectivity index (χ2v) is 9.82. The Hall–Kier alpha value is -4.77. The Morgan fingerprint density at radius 3 is 2.05 bits per heavy atom. The highest BCUT2D eigenvalue weighted by molar-refractivity contribution is 6.30. The minimum absolute atomic E-state index is 0.0452. The van der Waals surface area contributed by atoms with Crippen molar-refractivity contribution in [3.8, 4) is 0 Å². The van der Waals surface area contributed by atoms with E-state index in [0.717, 1.165) is 17.3 Å². The third kappa shape index (κ3) is 8.16. The van der Waals surface area contributed by atoms with Gasteiger partial charge in [0.25, 0.3) is 5.56 Å². The molecule has 0 saturated heterocycles. The highest BCUT2D eigenvalue weighted by Crippen LogP contribution is 2.31. The molecule has 0 radical (unpaired) electrons. The number of rotatable bonds is 8. The molecular weight excluding hydrogens is 582 g/mol. The quantitative estimate of drug-likeness (QED) is 0.144. The first kappa shape index (κ1) is 32.7. The second kappa shape index (κ2) is 14.4. The van der Waals surface area contributed by atoms with Crippen molar-refractivity contribution in [1.29, 1.82) is 0 Å². The van der Waals surface area contributed by atoms with Crippen molar-refractivity contribution in [2.45, 2.75) is 34.1 Å². The van der Waals surface area contributed by atoms with E-state index in [1.807, 2.05) is 6.92 Å². The standard InChI is InChI=1S/C16H17FN2O3.C15H14ClFN2O2/c1-4-22-16(21)11-9-19(3)15(20)8-14(11)18-13-6-5-10(2)7-12(13)17;1-3-9-13(10(15(20)21)7-18-14(9)16)19-12-5-4-8(2)6-11(12)17/h5-9,18H,4H2,1-3H3;4-7H,3H2,1-2H3,(H,18,19)(H,20,21). The van der Waals surface area contributed by atoms with Crippen LogP contribution in [-0.4, -0.2) is 33.2 Å². The molecule has 0 bridgehead atoms. The molecule has 2 aromatic heterocycles. The van der Waals surface area contributed by atoms with Gasteiger partial charge < -0.3 is 25.0 Å². The minimum Gasteiger partial charge on any atom is -0.478 e. The van der Waals surface area contributed by atoms with Crippen LogP contribution in [0.4, 0.5) is 31.5 Å². The van der Waals surface area contributed by atoms with E-state index in [9.17, 15) is 28.3 Å². The fraction of sp³-hybridized carbons (Fsp3) is 0.226. The number of nitrogens with one attached hydrogen (secondary N) is 2. The van der Waals surface area contributed by atoms with Crippen LogP contribution in [0.2, 0.25) is 5.15 Å². The highest BCUT2D eigenvalue weighted by atomic mass is 35.5. The van der Waals surface area contributed by atoms with Gasteiger partial charge in [0.05, 0.1) is 34.9 Å². The lowest BCUT2D eigenvalue weighted by Gasteiger charge is -2.15. The van der Waals surface area contributed by atoms with Gasteiger partial charge in [0.1, 0.15) is 22.4 Å². The van der Waals surface area contributed by atoms with Gasteiger partial charge in [0.2, 0.25) is 0 Å². The molecule has 0 fully saturated rings. The number of carbonyl (C=O) groups excluding carboxylic acids is 1. The van der Waals surface area contributed by atoms with Crippen molar-refractivity contribution in [2.75, 3.05) is 17.2 Å². The number of benzene rings is 2. The number of pyridine rings is 2. The molecule has 0 aliphatic carbocycles. The molecule has 2 aromatic carbocycles. The van der Waals surface area contributed by atoms with Crippen LogP contribution in [0.5, 0.6) is 0 Å². The third-order valence-electron chi connectivity index (χ3n) is 6.21. The predicted octanol–water partition coefficient (Wildman–Crippen LogP) is 6.94. The zero-order valence-electron chi connectivity index (χ0n) is 24.2. The average molecular weight is 613 g/mol. The molecular formula is C31H31ClF2N4O5. The van der Waals surface area contributed by atoms with Crippen LogP contribution in [0.1, 0.15) is 51.3 Å². The van der Waals surface area contributed by atoms with Crippen LogP contribution in [0.3, 0.4) is 0 Å². The number of nitrogens with zero attached hydrogens (tertiary/aromatic N) is 2. The fourth-order valence-electron chi connectivity index (χ4n) is 3.98. The molecule has 2 heterocycles. The van der Waals surface area contributed by atoms with E-state index in [2.05, 4.69) is 15.6 Å². The predicted molar refractivity (Wildman–Crippen MR) is 162 cm³/mol. The Balaban J connectivity index is 0.000000236. The molecule has 3 N–H and O–H groups in total. The number of hydrogen-bond acceptors (Lipinski definition) is 7. The maximum atomic E-state index is 13.9.